The summed E-state index contributed by atoms with van der Waals surface area (Å²) < 4.78 is 17.5. The average Bonchev–Trinajstić information content (AvgIpc) is 3.27. The highest BCUT2D eigenvalue weighted by Crippen LogP contribution is 2.30. The van der Waals surface area contributed by atoms with Crippen molar-refractivity contribution in [3.63, 3.8) is 0 Å². The third kappa shape index (κ3) is 4.62. The predicted octanol–water partition coefficient (Wildman–Crippen LogP) is 4.15. The van der Waals surface area contributed by atoms with E-state index in [0.29, 0.717) is 22.2 Å². The van der Waals surface area contributed by atoms with Crippen LogP contribution in [0.5, 0.6) is 17.2 Å². The van der Waals surface area contributed by atoms with E-state index in [1.165, 1.54) is 11.8 Å². The van der Waals surface area contributed by atoms with Crippen LogP contribution in [0.4, 0.5) is 5.69 Å². The van der Waals surface area contributed by atoms with Crippen molar-refractivity contribution in [1.82, 2.24) is 14.6 Å². The number of hydrogen-bond donors (Lipinski definition) is 1. The number of benzene rings is 2. The summed E-state index contributed by atoms with van der Waals surface area (Å²) in [5, 5.41) is 8.21. The van der Waals surface area contributed by atoms with Gasteiger partial charge in [-0.25, -0.2) is 9.50 Å². The van der Waals surface area contributed by atoms with Crippen LogP contribution in [-0.2, 0) is 4.79 Å². The zero-order valence-corrected chi connectivity index (χ0v) is 18.7. The number of nitrogens with one attached hydrogen (secondary N) is 1. The lowest BCUT2D eigenvalue weighted by Gasteiger charge is -2.11. The van der Waals surface area contributed by atoms with Crippen LogP contribution in [0.15, 0.2) is 66.0 Å². The van der Waals surface area contributed by atoms with Crippen LogP contribution in [0.3, 0.4) is 0 Å². The van der Waals surface area contributed by atoms with E-state index in [4.69, 9.17) is 14.2 Å². The second kappa shape index (κ2) is 9.61. The molecule has 164 valence electrons. The Hall–Kier alpha value is -3.72. The first kappa shape index (κ1) is 21.5. The molecule has 4 rings (SSSR count). The molecule has 1 amide bonds. The Morgan fingerprint density at radius 2 is 1.75 bits per heavy atom. The highest BCUT2D eigenvalue weighted by Gasteiger charge is 2.13. The minimum absolute atomic E-state index is 0.177. The molecule has 8 nitrogen and oxygen atoms in total. The lowest BCUT2D eigenvalue weighted by Crippen LogP contribution is -2.15. The van der Waals surface area contributed by atoms with Gasteiger partial charge in [0.1, 0.15) is 22.3 Å². The number of amides is 1. The standard InChI is InChI=1S/C23H22N4O4S/c1-29-16-6-4-15(5-7-16)18-13-20-23(24-10-11-27(20)26-18)32-14-22(28)25-19-12-17(30-2)8-9-21(19)31-3/h4-13H,14H2,1-3H3,(H,25,28). The Morgan fingerprint density at radius 3 is 2.47 bits per heavy atom. The molecule has 1 N–H and O–H groups in total. The molecule has 0 saturated heterocycles. The Labute approximate surface area is 189 Å². The van der Waals surface area contributed by atoms with Gasteiger partial charge in [0.2, 0.25) is 5.91 Å². The SMILES string of the molecule is COc1ccc(-c2cc3c(SCC(=O)Nc4cc(OC)ccc4OC)nccn3n2)cc1. The normalized spacial score (nSPS) is 10.7. The largest absolute Gasteiger partial charge is 0.497 e. The van der Waals surface area contributed by atoms with Crippen molar-refractivity contribution < 1.29 is 19.0 Å². The zero-order chi connectivity index (χ0) is 22.5. The van der Waals surface area contributed by atoms with Crippen molar-refractivity contribution in [2.75, 3.05) is 32.4 Å². The van der Waals surface area contributed by atoms with Crippen LogP contribution in [0.1, 0.15) is 0 Å². The number of carbonyl (C=O) groups excluding carboxylic acids is 1. The summed E-state index contributed by atoms with van der Waals surface area (Å²) in [5.41, 5.74) is 3.16. The van der Waals surface area contributed by atoms with Crippen LogP contribution >= 0.6 is 11.8 Å². The fraction of sp³-hybridized carbons (Fsp3) is 0.174. The minimum atomic E-state index is -0.180. The van der Waals surface area contributed by atoms with Crippen molar-refractivity contribution in [2.24, 2.45) is 0 Å². The average molecular weight is 451 g/mol. The van der Waals surface area contributed by atoms with Gasteiger partial charge in [-0.05, 0) is 42.5 Å². The van der Waals surface area contributed by atoms with Crippen molar-refractivity contribution in [2.45, 2.75) is 5.03 Å². The number of thioether (sulfide) groups is 1. The smallest absolute Gasteiger partial charge is 0.234 e. The molecule has 0 unspecified atom stereocenters. The second-order valence-electron chi connectivity index (χ2n) is 6.72. The number of fused-ring (bicyclic) bond motifs is 1. The minimum Gasteiger partial charge on any atom is -0.497 e. The summed E-state index contributed by atoms with van der Waals surface area (Å²) in [6.07, 6.45) is 3.46. The molecule has 0 aliphatic carbocycles. The molecule has 2 heterocycles. The van der Waals surface area contributed by atoms with Gasteiger partial charge in [0.05, 0.1) is 44.0 Å². The molecule has 0 aliphatic heterocycles. The number of hydrogen-bond acceptors (Lipinski definition) is 7. The van der Waals surface area contributed by atoms with Crippen molar-refractivity contribution in [3.05, 3.63) is 60.9 Å². The quantitative estimate of drug-likeness (QED) is 0.404. The Balaban J connectivity index is 1.50. The van der Waals surface area contributed by atoms with Gasteiger partial charge in [-0.2, -0.15) is 5.10 Å². The lowest BCUT2D eigenvalue weighted by atomic mass is 10.1. The molecule has 0 fully saturated rings. The van der Waals surface area contributed by atoms with Gasteiger partial charge in [0.15, 0.2) is 0 Å². The zero-order valence-electron chi connectivity index (χ0n) is 17.9. The van der Waals surface area contributed by atoms with Gasteiger partial charge in [-0.1, -0.05) is 11.8 Å². The summed E-state index contributed by atoms with van der Waals surface area (Å²) in [4.78, 5) is 17.0. The van der Waals surface area contributed by atoms with Crippen LogP contribution < -0.4 is 19.5 Å². The van der Waals surface area contributed by atoms with Gasteiger partial charge < -0.3 is 19.5 Å². The number of methoxy groups -OCH3 is 3. The van der Waals surface area contributed by atoms with E-state index in [-0.39, 0.29) is 11.7 Å². The molecule has 0 aliphatic rings. The summed E-state index contributed by atoms with van der Waals surface area (Å²) in [6, 6.07) is 14.9. The first-order valence-corrected chi connectivity index (χ1v) is 10.7. The van der Waals surface area contributed by atoms with E-state index in [0.717, 1.165) is 22.5 Å². The molecule has 32 heavy (non-hydrogen) atoms. The molecule has 0 saturated carbocycles. The summed E-state index contributed by atoms with van der Waals surface area (Å²) in [5.74, 6) is 1.97. The molecule has 2 aromatic carbocycles. The molecule has 0 spiro atoms. The Morgan fingerprint density at radius 1 is 1.00 bits per heavy atom. The third-order valence-electron chi connectivity index (χ3n) is 4.76. The van der Waals surface area contributed by atoms with E-state index < -0.39 is 0 Å². The summed E-state index contributed by atoms with van der Waals surface area (Å²) >= 11 is 1.34. The monoisotopic (exact) mass is 450 g/mol. The summed E-state index contributed by atoms with van der Waals surface area (Å²) in [7, 11) is 4.76. The van der Waals surface area contributed by atoms with Gasteiger partial charge in [-0.15, -0.1) is 0 Å². The molecule has 0 radical (unpaired) electrons. The molecular formula is C23H22N4O4S. The second-order valence-corrected chi connectivity index (χ2v) is 7.69. The highest BCUT2D eigenvalue weighted by molar-refractivity contribution is 8.00. The molecule has 4 aromatic rings. The van der Waals surface area contributed by atoms with E-state index in [1.807, 2.05) is 30.3 Å². The molecule has 0 bridgehead atoms. The van der Waals surface area contributed by atoms with Crippen molar-refractivity contribution in [1.29, 1.82) is 0 Å². The molecule has 9 heteroatoms. The van der Waals surface area contributed by atoms with E-state index in [9.17, 15) is 4.79 Å². The highest BCUT2D eigenvalue weighted by atomic mass is 32.2. The lowest BCUT2D eigenvalue weighted by molar-refractivity contribution is -0.113. The van der Waals surface area contributed by atoms with Crippen LogP contribution in [0, 0.1) is 0 Å². The predicted molar refractivity (Wildman–Crippen MR) is 124 cm³/mol. The van der Waals surface area contributed by atoms with Crippen LogP contribution in [0.25, 0.3) is 16.8 Å². The van der Waals surface area contributed by atoms with E-state index >= 15 is 0 Å². The maximum absolute atomic E-state index is 12.6. The Bertz CT molecular complexity index is 1240. The van der Waals surface area contributed by atoms with Gasteiger partial charge in [0, 0.05) is 24.0 Å². The molecule has 2 aromatic heterocycles. The first-order valence-electron chi connectivity index (χ1n) is 9.74. The Kier molecular flexibility index (Phi) is 6.46. The topological polar surface area (TPSA) is 87.0 Å². The fourth-order valence-corrected chi connectivity index (χ4v) is 3.92. The third-order valence-corrected chi connectivity index (χ3v) is 5.76. The molecule has 0 atom stereocenters. The number of carbonyl (C=O) groups is 1. The van der Waals surface area contributed by atoms with E-state index in [1.54, 1.807) is 56.4 Å². The van der Waals surface area contributed by atoms with Crippen LogP contribution in [0.2, 0.25) is 0 Å². The van der Waals surface area contributed by atoms with Gasteiger partial charge in [0.25, 0.3) is 0 Å². The van der Waals surface area contributed by atoms with Gasteiger partial charge >= 0.3 is 0 Å². The van der Waals surface area contributed by atoms with E-state index in [2.05, 4.69) is 15.4 Å². The number of rotatable bonds is 8. The summed E-state index contributed by atoms with van der Waals surface area (Å²) in [6.45, 7) is 0. The maximum atomic E-state index is 12.6. The first-order chi connectivity index (χ1) is 15.6. The number of anilines is 1. The van der Waals surface area contributed by atoms with Crippen LogP contribution in [-0.4, -0.2) is 47.6 Å². The number of aromatic nitrogens is 3. The fourth-order valence-electron chi connectivity index (χ4n) is 3.14. The van der Waals surface area contributed by atoms with Crippen molar-refractivity contribution in [3.8, 4) is 28.5 Å². The number of ether oxygens (including phenoxy) is 3. The molecular weight excluding hydrogens is 428 g/mol. The van der Waals surface area contributed by atoms with Gasteiger partial charge in [-0.3, -0.25) is 4.79 Å². The number of nitrogens with zero attached hydrogens (tertiary/aromatic N) is 3. The maximum Gasteiger partial charge on any atom is 0.234 e. The van der Waals surface area contributed by atoms with Crippen molar-refractivity contribution >= 4 is 28.9 Å².